The molecule has 1 aromatic heterocycles. The fraction of sp³-hybridized carbons (Fsp3) is 0.125. The van der Waals surface area contributed by atoms with Crippen molar-refractivity contribution in [1.29, 1.82) is 0 Å². The van der Waals surface area contributed by atoms with Crippen molar-refractivity contribution in [3.63, 3.8) is 0 Å². The van der Waals surface area contributed by atoms with Crippen molar-refractivity contribution in [3.05, 3.63) is 54.2 Å². The number of hydrogen-bond acceptors (Lipinski definition) is 1. The van der Waals surface area contributed by atoms with E-state index >= 15 is 0 Å². The second-order valence-corrected chi connectivity index (χ2v) is 4.58. The SMILES string of the molecule is CNc1c[nH]c2ccc(-c3ccc(C)cc3)cc12. The first-order chi connectivity index (χ1) is 8.78. The van der Waals surface area contributed by atoms with Crippen molar-refractivity contribution in [2.45, 2.75) is 6.92 Å². The van der Waals surface area contributed by atoms with Gasteiger partial charge in [-0.05, 0) is 30.2 Å². The van der Waals surface area contributed by atoms with Crippen LogP contribution in [0.4, 0.5) is 5.69 Å². The molecule has 0 saturated heterocycles. The Morgan fingerprint density at radius 1 is 0.944 bits per heavy atom. The lowest BCUT2D eigenvalue weighted by molar-refractivity contribution is 1.45. The minimum absolute atomic E-state index is 1.14. The number of H-pyrrole nitrogens is 1. The average Bonchev–Trinajstić information content (AvgIpc) is 2.81. The van der Waals surface area contributed by atoms with Crippen LogP contribution >= 0.6 is 0 Å². The van der Waals surface area contributed by atoms with Gasteiger partial charge in [0.05, 0.1) is 5.69 Å². The number of rotatable bonds is 2. The molecule has 2 N–H and O–H groups in total. The third kappa shape index (κ3) is 1.76. The molecule has 0 saturated carbocycles. The molecule has 18 heavy (non-hydrogen) atoms. The maximum absolute atomic E-state index is 3.26. The number of nitrogens with one attached hydrogen (secondary N) is 2. The van der Waals surface area contributed by atoms with E-state index in [4.69, 9.17) is 0 Å². The van der Waals surface area contributed by atoms with E-state index in [-0.39, 0.29) is 0 Å². The number of aromatic nitrogens is 1. The molecule has 2 heteroatoms. The van der Waals surface area contributed by atoms with E-state index in [9.17, 15) is 0 Å². The number of anilines is 1. The number of aryl methyl sites for hydroxylation is 1. The van der Waals surface area contributed by atoms with Crippen LogP contribution in [0.5, 0.6) is 0 Å². The summed E-state index contributed by atoms with van der Waals surface area (Å²) in [6.07, 6.45) is 2.00. The highest BCUT2D eigenvalue weighted by Gasteiger charge is 2.04. The first-order valence-electron chi connectivity index (χ1n) is 6.14. The fourth-order valence-electron chi connectivity index (χ4n) is 2.25. The molecule has 0 radical (unpaired) electrons. The Balaban J connectivity index is 2.14. The Labute approximate surface area is 107 Å². The molecule has 3 rings (SSSR count). The first-order valence-corrected chi connectivity index (χ1v) is 6.14. The van der Waals surface area contributed by atoms with Gasteiger partial charge in [0.25, 0.3) is 0 Å². The predicted octanol–water partition coefficient (Wildman–Crippen LogP) is 4.19. The maximum Gasteiger partial charge on any atom is 0.0595 e. The van der Waals surface area contributed by atoms with Crippen molar-refractivity contribution < 1.29 is 0 Å². The van der Waals surface area contributed by atoms with Gasteiger partial charge in [-0.2, -0.15) is 0 Å². The zero-order valence-electron chi connectivity index (χ0n) is 10.6. The number of aromatic amines is 1. The second-order valence-electron chi connectivity index (χ2n) is 4.58. The summed E-state index contributed by atoms with van der Waals surface area (Å²) in [4.78, 5) is 3.26. The van der Waals surface area contributed by atoms with E-state index in [1.165, 1.54) is 22.1 Å². The summed E-state index contributed by atoms with van der Waals surface area (Å²) in [7, 11) is 1.95. The third-order valence-electron chi connectivity index (χ3n) is 3.34. The molecule has 2 nitrogen and oxygen atoms in total. The van der Waals surface area contributed by atoms with Crippen LogP contribution in [0.1, 0.15) is 5.56 Å². The fourth-order valence-corrected chi connectivity index (χ4v) is 2.25. The van der Waals surface area contributed by atoms with Gasteiger partial charge >= 0.3 is 0 Å². The molecule has 0 spiro atoms. The Morgan fingerprint density at radius 3 is 2.39 bits per heavy atom. The van der Waals surface area contributed by atoms with E-state index < -0.39 is 0 Å². The Kier molecular flexibility index (Phi) is 2.56. The van der Waals surface area contributed by atoms with Crippen LogP contribution in [-0.2, 0) is 0 Å². The monoisotopic (exact) mass is 236 g/mol. The maximum atomic E-state index is 3.26. The smallest absolute Gasteiger partial charge is 0.0595 e. The quantitative estimate of drug-likeness (QED) is 0.686. The van der Waals surface area contributed by atoms with Gasteiger partial charge in [0, 0.05) is 24.1 Å². The molecule has 0 aliphatic carbocycles. The lowest BCUT2D eigenvalue weighted by atomic mass is 10.0. The highest BCUT2D eigenvalue weighted by Crippen LogP contribution is 2.28. The van der Waals surface area contributed by atoms with Gasteiger partial charge in [-0.3, -0.25) is 0 Å². The number of benzene rings is 2. The lowest BCUT2D eigenvalue weighted by Crippen LogP contribution is -1.85. The van der Waals surface area contributed by atoms with Gasteiger partial charge in [0.15, 0.2) is 0 Å². The predicted molar refractivity (Wildman–Crippen MR) is 78.0 cm³/mol. The van der Waals surface area contributed by atoms with Crippen LogP contribution < -0.4 is 5.32 Å². The van der Waals surface area contributed by atoms with Gasteiger partial charge in [-0.15, -0.1) is 0 Å². The minimum Gasteiger partial charge on any atom is -0.386 e. The van der Waals surface area contributed by atoms with Crippen molar-refractivity contribution >= 4 is 16.6 Å². The molecule has 0 fully saturated rings. The molecule has 3 aromatic rings. The highest BCUT2D eigenvalue weighted by atomic mass is 14.9. The summed E-state index contributed by atoms with van der Waals surface area (Å²) < 4.78 is 0. The summed E-state index contributed by atoms with van der Waals surface area (Å²) in [6, 6.07) is 15.1. The highest BCUT2D eigenvalue weighted by molar-refractivity contribution is 5.95. The van der Waals surface area contributed by atoms with Crippen LogP contribution in [0.25, 0.3) is 22.0 Å². The first kappa shape index (κ1) is 10.9. The Morgan fingerprint density at radius 2 is 1.67 bits per heavy atom. The Hall–Kier alpha value is -2.22. The van der Waals surface area contributed by atoms with Crippen molar-refractivity contribution in [2.24, 2.45) is 0 Å². The molecule has 0 aliphatic heterocycles. The number of hydrogen-bond donors (Lipinski definition) is 2. The third-order valence-corrected chi connectivity index (χ3v) is 3.34. The molecule has 0 atom stereocenters. The molecule has 0 unspecified atom stereocenters. The van der Waals surface area contributed by atoms with Gasteiger partial charge < -0.3 is 10.3 Å². The number of fused-ring (bicyclic) bond motifs is 1. The van der Waals surface area contributed by atoms with Crippen LogP contribution in [0.2, 0.25) is 0 Å². The average molecular weight is 236 g/mol. The van der Waals surface area contributed by atoms with Gasteiger partial charge in [-0.25, -0.2) is 0 Å². The van der Waals surface area contributed by atoms with E-state index in [2.05, 4.69) is 59.7 Å². The molecule has 0 aliphatic rings. The molecule has 1 heterocycles. The molecule has 0 amide bonds. The zero-order valence-corrected chi connectivity index (χ0v) is 10.6. The molecule has 0 bridgehead atoms. The Bertz CT molecular complexity index is 678. The van der Waals surface area contributed by atoms with E-state index in [0.29, 0.717) is 0 Å². The van der Waals surface area contributed by atoms with Gasteiger partial charge in [0.2, 0.25) is 0 Å². The van der Waals surface area contributed by atoms with Crippen LogP contribution in [0, 0.1) is 6.92 Å². The summed E-state index contributed by atoms with van der Waals surface area (Å²) in [6.45, 7) is 2.11. The van der Waals surface area contributed by atoms with E-state index in [1.807, 2.05) is 13.2 Å². The molecular formula is C16H16N2. The van der Waals surface area contributed by atoms with Crippen molar-refractivity contribution in [3.8, 4) is 11.1 Å². The lowest BCUT2D eigenvalue weighted by Gasteiger charge is -2.04. The van der Waals surface area contributed by atoms with Gasteiger partial charge in [-0.1, -0.05) is 35.9 Å². The van der Waals surface area contributed by atoms with Crippen molar-refractivity contribution in [1.82, 2.24) is 4.98 Å². The second kappa shape index (κ2) is 4.22. The standard InChI is InChI=1S/C16H16N2/c1-11-3-5-12(6-4-11)13-7-8-15-14(9-13)16(17-2)10-18-15/h3-10,17-18H,1-2H3. The zero-order chi connectivity index (χ0) is 12.5. The molecule has 2 aromatic carbocycles. The minimum atomic E-state index is 1.14. The van der Waals surface area contributed by atoms with Gasteiger partial charge in [0.1, 0.15) is 0 Å². The van der Waals surface area contributed by atoms with E-state index in [0.717, 1.165) is 11.2 Å². The molecular weight excluding hydrogens is 220 g/mol. The van der Waals surface area contributed by atoms with Crippen LogP contribution in [0.3, 0.4) is 0 Å². The van der Waals surface area contributed by atoms with Crippen LogP contribution in [0.15, 0.2) is 48.7 Å². The largest absolute Gasteiger partial charge is 0.386 e. The summed E-state index contributed by atoms with van der Waals surface area (Å²) >= 11 is 0. The summed E-state index contributed by atoms with van der Waals surface area (Å²) in [5.41, 5.74) is 6.09. The molecule has 90 valence electrons. The summed E-state index contributed by atoms with van der Waals surface area (Å²) in [5.74, 6) is 0. The van der Waals surface area contributed by atoms with Crippen LogP contribution in [-0.4, -0.2) is 12.0 Å². The topological polar surface area (TPSA) is 27.8 Å². The van der Waals surface area contributed by atoms with Crippen molar-refractivity contribution in [2.75, 3.05) is 12.4 Å². The summed E-state index contributed by atoms with van der Waals surface area (Å²) in [5, 5.41) is 4.44. The van der Waals surface area contributed by atoms with E-state index in [1.54, 1.807) is 0 Å². The normalized spacial score (nSPS) is 10.8.